The lowest BCUT2D eigenvalue weighted by Crippen LogP contribution is -2.21. The molecule has 6 heteroatoms. The van der Waals surface area contributed by atoms with Crippen molar-refractivity contribution in [3.63, 3.8) is 0 Å². The van der Waals surface area contributed by atoms with E-state index >= 15 is 8.78 Å². The molecule has 2 atom stereocenters. The molecule has 0 spiro atoms. The number of hydrogen-bond acceptors (Lipinski definition) is 2. The molecule has 3 aromatic carbocycles. The van der Waals surface area contributed by atoms with Crippen LogP contribution in [0, 0.1) is 29.2 Å². The second kappa shape index (κ2) is 13.1. The fourth-order valence-corrected chi connectivity index (χ4v) is 4.84. The highest BCUT2D eigenvalue weighted by atomic mass is 19.2. The van der Waals surface area contributed by atoms with Crippen LogP contribution in [0.4, 0.5) is 17.6 Å². The van der Waals surface area contributed by atoms with Gasteiger partial charge in [0.2, 0.25) is 5.82 Å². The predicted molar refractivity (Wildman–Crippen MR) is 143 cm³/mol. The van der Waals surface area contributed by atoms with Crippen LogP contribution in [0.15, 0.2) is 60.7 Å². The van der Waals surface area contributed by atoms with Gasteiger partial charge in [-0.25, -0.2) is 13.2 Å². The minimum atomic E-state index is -1.04. The number of ether oxygens (including phenoxy) is 2. The highest BCUT2D eigenvalue weighted by Gasteiger charge is 2.27. The van der Waals surface area contributed by atoms with E-state index in [-0.39, 0.29) is 22.4 Å². The van der Waals surface area contributed by atoms with Crippen molar-refractivity contribution in [3.8, 4) is 28.0 Å². The Morgan fingerprint density at radius 3 is 2.11 bits per heavy atom. The third-order valence-electron chi connectivity index (χ3n) is 7.12. The van der Waals surface area contributed by atoms with Crippen LogP contribution >= 0.6 is 0 Å². The molecule has 1 fully saturated rings. The van der Waals surface area contributed by atoms with Crippen LogP contribution in [0.1, 0.15) is 64.0 Å². The zero-order chi connectivity index (χ0) is 27.1. The van der Waals surface area contributed by atoms with Crippen molar-refractivity contribution in [2.45, 2.75) is 58.5 Å². The molecule has 1 heterocycles. The molecule has 0 radical (unpaired) electrons. The fourth-order valence-electron chi connectivity index (χ4n) is 4.84. The number of halogens is 4. The Balaban J connectivity index is 1.48. The van der Waals surface area contributed by atoms with Crippen LogP contribution in [0.25, 0.3) is 22.3 Å². The van der Waals surface area contributed by atoms with Crippen molar-refractivity contribution in [2.75, 3.05) is 13.2 Å². The number of hydrogen-bond donors (Lipinski definition) is 0. The zero-order valence-corrected chi connectivity index (χ0v) is 21.9. The lowest BCUT2D eigenvalue weighted by atomic mass is 9.90. The number of unbranched alkanes of at least 4 members (excludes halogenated alkanes) is 1. The number of rotatable bonds is 10. The van der Waals surface area contributed by atoms with Gasteiger partial charge in [-0.3, -0.25) is 0 Å². The van der Waals surface area contributed by atoms with Crippen molar-refractivity contribution in [3.05, 3.63) is 89.5 Å². The monoisotopic (exact) mass is 526 g/mol. The molecule has 0 aliphatic carbocycles. The van der Waals surface area contributed by atoms with Crippen LogP contribution in [0.5, 0.6) is 5.75 Å². The molecule has 1 saturated heterocycles. The molecule has 0 N–H and O–H groups in total. The highest BCUT2D eigenvalue weighted by Crippen LogP contribution is 2.37. The highest BCUT2D eigenvalue weighted by molar-refractivity contribution is 5.71. The molecule has 202 valence electrons. The molecule has 0 saturated carbocycles. The minimum Gasteiger partial charge on any atom is -0.490 e. The summed E-state index contributed by atoms with van der Waals surface area (Å²) in [5.41, 5.74) is 1.25. The summed E-state index contributed by atoms with van der Waals surface area (Å²) in [4.78, 5) is 0. The van der Waals surface area contributed by atoms with Crippen molar-refractivity contribution in [1.29, 1.82) is 0 Å². The molecular weight excluding hydrogens is 492 g/mol. The first kappa shape index (κ1) is 27.9. The molecule has 4 rings (SSSR count). The third kappa shape index (κ3) is 6.29. The first-order valence-corrected chi connectivity index (χ1v) is 13.4. The van der Waals surface area contributed by atoms with E-state index in [0.717, 1.165) is 32.1 Å². The topological polar surface area (TPSA) is 18.5 Å². The Kier molecular flexibility index (Phi) is 9.62. The Bertz CT molecular complexity index is 1250. The van der Waals surface area contributed by atoms with Gasteiger partial charge in [0.25, 0.3) is 0 Å². The van der Waals surface area contributed by atoms with Gasteiger partial charge in [0.1, 0.15) is 0 Å². The molecule has 38 heavy (non-hydrogen) atoms. The zero-order valence-electron chi connectivity index (χ0n) is 21.9. The van der Waals surface area contributed by atoms with Crippen LogP contribution in [-0.2, 0) is 4.74 Å². The largest absolute Gasteiger partial charge is 0.490 e. The second-order valence-electron chi connectivity index (χ2n) is 9.76. The van der Waals surface area contributed by atoms with E-state index in [4.69, 9.17) is 9.47 Å². The van der Waals surface area contributed by atoms with Crippen molar-refractivity contribution >= 4 is 0 Å². The van der Waals surface area contributed by atoms with Crippen LogP contribution in [0.3, 0.4) is 0 Å². The average Bonchev–Trinajstić information content (AvgIpc) is 2.94. The van der Waals surface area contributed by atoms with Gasteiger partial charge in [-0.1, -0.05) is 61.9 Å². The lowest BCUT2D eigenvalue weighted by molar-refractivity contribution is -0.0210. The summed E-state index contributed by atoms with van der Waals surface area (Å²) in [7, 11) is 0. The fraction of sp³-hybridized carbons (Fsp3) is 0.375. The van der Waals surface area contributed by atoms with Crippen molar-refractivity contribution < 1.29 is 27.0 Å². The van der Waals surface area contributed by atoms with E-state index in [9.17, 15) is 8.78 Å². The van der Waals surface area contributed by atoms with E-state index in [1.807, 2.05) is 19.9 Å². The van der Waals surface area contributed by atoms with E-state index in [1.165, 1.54) is 12.1 Å². The number of benzene rings is 3. The molecule has 0 aromatic heterocycles. The molecule has 2 unspecified atom stereocenters. The van der Waals surface area contributed by atoms with Gasteiger partial charge < -0.3 is 9.47 Å². The molecule has 1 aliphatic heterocycles. The van der Waals surface area contributed by atoms with Gasteiger partial charge in [0.05, 0.1) is 19.3 Å². The summed E-state index contributed by atoms with van der Waals surface area (Å²) >= 11 is 0. The Hall–Kier alpha value is -3.12. The van der Waals surface area contributed by atoms with Gasteiger partial charge in [0.15, 0.2) is 23.2 Å². The minimum absolute atomic E-state index is 0.0670. The van der Waals surface area contributed by atoms with Gasteiger partial charge >= 0.3 is 0 Å². The van der Waals surface area contributed by atoms with E-state index in [2.05, 4.69) is 6.08 Å². The van der Waals surface area contributed by atoms with Gasteiger partial charge in [0, 0.05) is 16.7 Å². The molecule has 0 bridgehead atoms. The standard InChI is InChI=1S/C32H34F4O2/c1-3-5-7-8-21-9-17-27(38-20-21)26-15-14-24(29(33)31(26)35)22-10-12-23(13-11-22)25-16-18-28(32(36)30(25)34)37-19-6-4-2/h3,5,10-16,18,21,27H,4,6-9,17,19-20H2,1-2H3. The summed E-state index contributed by atoms with van der Waals surface area (Å²) in [5, 5.41) is 0. The maximum Gasteiger partial charge on any atom is 0.201 e. The maximum absolute atomic E-state index is 15.1. The molecule has 2 nitrogen and oxygen atoms in total. The normalized spacial score (nSPS) is 17.7. The Labute approximate surface area is 222 Å². The van der Waals surface area contributed by atoms with Crippen LogP contribution in [-0.4, -0.2) is 13.2 Å². The summed E-state index contributed by atoms with van der Waals surface area (Å²) in [5.74, 6) is -3.60. The average molecular weight is 527 g/mol. The smallest absolute Gasteiger partial charge is 0.201 e. The maximum atomic E-state index is 15.1. The molecule has 1 aliphatic rings. The second-order valence-corrected chi connectivity index (χ2v) is 9.76. The van der Waals surface area contributed by atoms with Crippen LogP contribution in [0.2, 0.25) is 0 Å². The van der Waals surface area contributed by atoms with Crippen molar-refractivity contribution in [1.82, 2.24) is 0 Å². The summed E-state index contributed by atoms with van der Waals surface area (Å²) < 4.78 is 70.7. The van der Waals surface area contributed by atoms with Gasteiger partial charge in [-0.2, -0.15) is 4.39 Å². The SMILES string of the molecule is CC=CCCC1CCC(c2ccc(-c3ccc(-c4ccc(OCCCC)c(F)c4F)cc3)c(F)c2F)OC1. The Morgan fingerprint density at radius 1 is 0.842 bits per heavy atom. The Morgan fingerprint density at radius 2 is 1.50 bits per heavy atom. The third-order valence-corrected chi connectivity index (χ3v) is 7.12. The van der Waals surface area contributed by atoms with Crippen molar-refractivity contribution in [2.24, 2.45) is 5.92 Å². The quantitative estimate of drug-likeness (QED) is 0.149. The van der Waals surface area contributed by atoms with Gasteiger partial charge in [-0.05, 0) is 68.2 Å². The molecule has 3 aromatic rings. The first-order chi connectivity index (χ1) is 18.4. The summed E-state index contributed by atoms with van der Waals surface area (Å²) in [6, 6.07) is 12.3. The molecular formula is C32H34F4O2. The first-order valence-electron chi connectivity index (χ1n) is 13.4. The van der Waals surface area contributed by atoms with E-state index < -0.39 is 29.4 Å². The van der Waals surface area contributed by atoms with Gasteiger partial charge in [-0.15, -0.1) is 0 Å². The lowest BCUT2D eigenvalue weighted by Gasteiger charge is -2.29. The number of allylic oxidation sites excluding steroid dienone is 2. The predicted octanol–water partition coefficient (Wildman–Crippen LogP) is 9.58. The van der Waals surface area contributed by atoms with Crippen LogP contribution < -0.4 is 4.74 Å². The molecule has 0 amide bonds. The van der Waals surface area contributed by atoms with E-state index in [1.54, 1.807) is 36.4 Å². The summed E-state index contributed by atoms with van der Waals surface area (Å²) in [6.07, 6.45) is 8.89. The van der Waals surface area contributed by atoms with E-state index in [0.29, 0.717) is 36.7 Å². The summed E-state index contributed by atoms with van der Waals surface area (Å²) in [6.45, 7) is 4.82.